The molecule has 2 atom stereocenters. The lowest BCUT2D eigenvalue weighted by molar-refractivity contribution is 0.00579. The molecule has 1 fully saturated rings. The lowest BCUT2D eigenvalue weighted by Crippen LogP contribution is -2.40. The quantitative estimate of drug-likeness (QED) is 0.800. The molecule has 2 aromatic carbocycles. The second-order valence-corrected chi connectivity index (χ2v) is 7.92. The van der Waals surface area contributed by atoms with Crippen molar-refractivity contribution in [2.24, 2.45) is 5.41 Å². The van der Waals surface area contributed by atoms with E-state index in [0.717, 1.165) is 11.1 Å². The van der Waals surface area contributed by atoms with Crippen LogP contribution in [0, 0.1) is 12.3 Å². The Morgan fingerprint density at radius 2 is 1.57 bits per heavy atom. The molecule has 1 aliphatic rings. The molecule has 0 bridgehead atoms. The number of aliphatic hydroxyl groups is 1. The first-order chi connectivity index (χ1) is 10.8. The first-order valence-corrected chi connectivity index (χ1v) is 8.33. The molecule has 0 spiro atoms. The number of benzene rings is 2. The summed E-state index contributed by atoms with van der Waals surface area (Å²) < 4.78 is 4.52. The van der Waals surface area contributed by atoms with Crippen molar-refractivity contribution in [3.63, 3.8) is 0 Å². The highest BCUT2D eigenvalue weighted by Gasteiger charge is 2.74. The van der Waals surface area contributed by atoms with Crippen molar-refractivity contribution in [2.75, 3.05) is 7.11 Å². The first kappa shape index (κ1) is 16.6. The van der Waals surface area contributed by atoms with Gasteiger partial charge in [0.05, 0.1) is 7.11 Å². The zero-order valence-corrected chi connectivity index (χ0v) is 14.9. The lowest BCUT2D eigenvalue weighted by atomic mass is 9.72. The highest BCUT2D eigenvalue weighted by Crippen LogP contribution is 2.73. The van der Waals surface area contributed by atoms with Gasteiger partial charge in [0.2, 0.25) is 0 Å². The summed E-state index contributed by atoms with van der Waals surface area (Å²) in [5.74, 6) is 0.621. The van der Waals surface area contributed by atoms with Crippen molar-refractivity contribution in [2.45, 2.75) is 30.2 Å². The van der Waals surface area contributed by atoms with E-state index in [4.69, 9.17) is 27.9 Å². The number of para-hydroxylation sites is 1. The van der Waals surface area contributed by atoms with E-state index < -0.39 is 15.3 Å². The molecule has 0 heterocycles. The van der Waals surface area contributed by atoms with Gasteiger partial charge < -0.3 is 9.84 Å². The number of ether oxygens (including phenoxy) is 1. The summed E-state index contributed by atoms with van der Waals surface area (Å²) in [5, 5.41) is 11.9. The van der Waals surface area contributed by atoms with E-state index in [0.29, 0.717) is 17.7 Å². The van der Waals surface area contributed by atoms with Gasteiger partial charge in [0.25, 0.3) is 0 Å². The van der Waals surface area contributed by atoms with Crippen LogP contribution in [0.3, 0.4) is 0 Å². The van der Waals surface area contributed by atoms with Crippen LogP contribution in [0.1, 0.15) is 30.0 Å². The maximum Gasteiger partial charge on any atom is 0.127 e. The third-order valence-electron chi connectivity index (χ3n) is 5.09. The molecule has 0 aromatic heterocycles. The molecule has 0 saturated heterocycles. The summed E-state index contributed by atoms with van der Waals surface area (Å²) in [7, 11) is 1.60. The van der Waals surface area contributed by atoms with Crippen LogP contribution in [-0.4, -0.2) is 16.5 Å². The Morgan fingerprint density at radius 1 is 1.04 bits per heavy atom. The van der Waals surface area contributed by atoms with Crippen LogP contribution in [0.5, 0.6) is 5.75 Å². The van der Waals surface area contributed by atoms with E-state index in [2.05, 4.69) is 0 Å². The molecule has 1 N–H and O–H groups in total. The van der Waals surface area contributed by atoms with E-state index in [9.17, 15) is 5.11 Å². The number of aryl methyl sites for hydroxylation is 1. The van der Waals surface area contributed by atoms with Crippen LogP contribution in [0.25, 0.3) is 0 Å². The van der Waals surface area contributed by atoms with Crippen LogP contribution in [-0.2, 0) is 5.60 Å². The Morgan fingerprint density at radius 3 is 2.09 bits per heavy atom. The predicted molar refractivity (Wildman–Crippen MR) is 94.3 cm³/mol. The molecule has 0 unspecified atom stereocenters. The third-order valence-corrected chi connectivity index (χ3v) is 6.19. The van der Waals surface area contributed by atoms with Crippen LogP contribution in [0.4, 0.5) is 0 Å². The molecule has 2 nitrogen and oxygen atoms in total. The summed E-state index contributed by atoms with van der Waals surface area (Å²) in [6.07, 6.45) is 0.506. The highest BCUT2D eigenvalue weighted by molar-refractivity contribution is 6.51. The average molecular weight is 351 g/mol. The topological polar surface area (TPSA) is 29.5 Å². The van der Waals surface area contributed by atoms with E-state index in [1.807, 2.05) is 62.4 Å². The highest BCUT2D eigenvalue weighted by atomic mass is 35.5. The summed E-state index contributed by atoms with van der Waals surface area (Å²) in [6.45, 7) is 3.90. The van der Waals surface area contributed by atoms with E-state index in [1.165, 1.54) is 0 Å². The SMILES string of the molecule is COc1ccccc1[C@](O)(c1ccccc1C)[C@]1(C)CC1(Cl)Cl. The van der Waals surface area contributed by atoms with Gasteiger partial charge in [0.15, 0.2) is 0 Å². The molecule has 4 heteroatoms. The minimum atomic E-state index is -1.34. The smallest absolute Gasteiger partial charge is 0.127 e. The Bertz CT molecular complexity index is 744. The second-order valence-electron chi connectivity index (χ2n) is 6.44. The van der Waals surface area contributed by atoms with Gasteiger partial charge in [0, 0.05) is 11.0 Å². The molecule has 3 rings (SSSR count). The van der Waals surface area contributed by atoms with Gasteiger partial charge in [-0.25, -0.2) is 0 Å². The van der Waals surface area contributed by atoms with E-state index in [1.54, 1.807) is 7.11 Å². The van der Waals surface area contributed by atoms with Gasteiger partial charge in [-0.15, -0.1) is 23.2 Å². The van der Waals surface area contributed by atoms with Crippen LogP contribution in [0.2, 0.25) is 0 Å². The third kappa shape index (κ3) is 2.27. The van der Waals surface area contributed by atoms with Crippen LogP contribution < -0.4 is 4.74 Å². The Hall–Kier alpha value is -1.22. The van der Waals surface area contributed by atoms with Gasteiger partial charge in [-0.3, -0.25) is 0 Å². The first-order valence-electron chi connectivity index (χ1n) is 7.58. The minimum absolute atomic E-state index is 0.506. The molecule has 0 aliphatic heterocycles. The average Bonchev–Trinajstić information content (AvgIpc) is 3.07. The van der Waals surface area contributed by atoms with Crippen molar-refractivity contribution >= 4 is 23.2 Å². The van der Waals surface area contributed by atoms with Crippen LogP contribution >= 0.6 is 23.2 Å². The van der Waals surface area contributed by atoms with Crippen LogP contribution in [0.15, 0.2) is 48.5 Å². The number of methoxy groups -OCH3 is 1. The molecule has 0 amide bonds. The fourth-order valence-electron chi connectivity index (χ4n) is 3.45. The van der Waals surface area contributed by atoms with Gasteiger partial charge >= 0.3 is 0 Å². The van der Waals surface area contributed by atoms with Crippen molar-refractivity contribution in [3.8, 4) is 5.75 Å². The van der Waals surface area contributed by atoms with Gasteiger partial charge in [-0.1, -0.05) is 49.4 Å². The molecular formula is C19H20Cl2O2. The van der Waals surface area contributed by atoms with Crippen molar-refractivity contribution in [1.82, 2.24) is 0 Å². The van der Waals surface area contributed by atoms with Gasteiger partial charge in [-0.05, 0) is 30.5 Å². The maximum atomic E-state index is 11.9. The standard InChI is InChI=1S/C19H20Cl2O2/c1-13-8-4-5-9-14(13)19(22,17(2)12-18(17,20)21)15-10-6-7-11-16(15)23-3/h4-11,22H,12H2,1-3H3/t17-,19-/m1/s1. The van der Waals surface area contributed by atoms with Crippen molar-refractivity contribution in [1.29, 1.82) is 0 Å². The number of hydrogen-bond donors (Lipinski definition) is 1. The Labute approximate surface area is 147 Å². The lowest BCUT2D eigenvalue weighted by Gasteiger charge is -2.38. The van der Waals surface area contributed by atoms with E-state index >= 15 is 0 Å². The molecule has 1 aliphatic carbocycles. The largest absolute Gasteiger partial charge is 0.496 e. The number of hydrogen-bond acceptors (Lipinski definition) is 2. The fourth-order valence-corrected chi connectivity index (χ4v) is 4.26. The molecule has 1 saturated carbocycles. The monoisotopic (exact) mass is 350 g/mol. The summed E-state index contributed by atoms with van der Waals surface area (Å²) in [5.41, 5.74) is 0.425. The van der Waals surface area contributed by atoms with E-state index in [-0.39, 0.29) is 0 Å². The van der Waals surface area contributed by atoms with Crippen molar-refractivity contribution < 1.29 is 9.84 Å². The molecule has 0 radical (unpaired) electrons. The number of halogens is 2. The molecule has 23 heavy (non-hydrogen) atoms. The summed E-state index contributed by atoms with van der Waals surface area (Å²) >= 11 is 12.9. The predicted octanol–water partition coefficient (Wildman–Crippen LogP) is 4.82. The maximum absolute atomic E-state index is 11.9. The summed E-state index contributed by atoms with van der Waals surface area (Å²) in [4.78, 5) is 0. The number of rotatable bonds is 4. The number of alkyl halides is 2. The van der Waals surface area contributed by atoms with Gasteiger partial charge in [-0.2, -0.15) is 0 Å². The Balaban J connectivity index is 2.31. The van der Waals surface area contributed by atoms with Gasteiger partial charge in [0.1, 0.15) is 15.7 Å². The molecule has 122 valence electrons. The Kier molecular flexibility index (Phi) is 3.91. The fraction of sp³-hybridized carbons (Fsp3) is 0.368. The normalized spacial score (nSPS) is 24.8. The molecular weight excluding hydrogens is 331 g/mol. The summed E-state index contributed by atoms with van der Waals surface area (Å²) in [6, 6.07) is 15.2. The zero-order valence-electron chi connectivity index (χ0n) is 13.4. The second kappa shape index (κ2) is 5.41. The molecule has 2 aromatic rings. The minimum Gasteiger partial charge on any atom is -0.496 e. The van der Waals surface area contributed by atoms with Crippen molar-refractivity contribution in [3.05, 3.63) is 65.2 Å². The zero-order chi connectivity index (χ0) is 16.9.